The van der Waals surface area contributed by atoms with Crippen molar-refractivity contribution in [1.29, 1.82) is 0 Å². The number of nitrogens with zero attached hydrogens (tertiary/aromatic N) is 1. The first kappa shape index (κ1) is 15.8. The zero-order valence-electron chi connectivity index (χ0n) is 13.1. The minimum atomic E-state index is -0.463. The topological polar surface area (TPSA) is 41.6 Å². The number of rotatable bonds is 7. The van der Waals surface area contributed by atoms with Crippen molar-refractivity contribution in [3.8, 4) is 0 Å². The monoisotopic (exact) mass is 282 g/mol. The van der Waals surface area contributed by atoms with Crippen LogP contribution in [0.15, 0.2) is 0 Å². The third kappa shape index (κ3) is 3.73. The number of carbonyl (C=O) groups excluding carboxylic acids is 1. The van der Waals surface area contributed by atoms with E-state index in [0.29, 0.717) is 5.92 Å². The first-order chi connectivity index (χ1) is 9.73. The Labute approximate surface area is 123 Å². The van der Waals surface area contributed by atoms with Crippen molar-refractivity contribution in [3.05, 3.63) is 0 Å². The molecule has 20 heavy (non-hydrogen) atoms. The number of nitrogens with one attached hydrogen (secondary N) is 1. The third-order valence-corrected chi connectivity index (χ3v) is 4.69. The Kier molecular flexibility index (Phi) is 5.85. The minimum absolute atomic E-state index is 0.0577. The lowest BCUT2D eigenvalue weighted by atomic mass is 9.91. The molecule has 0 aromatic carbocycles. The Hall–Kier alpha value is -0.610. The van der Waals surface area contributed by atoms with Crippen LogP contribution in [0.3, 0.4) is 0 Å². The lowest BCUT2D eigenvalue weighted by molar-refractivity contribution is -0.150. The summed E-state index contributed by atoms with van der Waals surface area (Å²) in [7, 11) is 1.52. The highest BCUT2D eigenvalue weighted by molar-refractivity contribution is 5.82. The van der Waals surface area contributed by atoms with Crippen molar-refractivity contribution in [2.24, 2.45) is 5.92 Å². The number of esters is 1. The van der Waals surface area contributed by atoms with Crippen LogP contribution < -0.4 is 5.32 Å². The van der Waals surface area contributed by atoms with Crippen molar-refractivity contribution in [1.82, 2.24) is 10.2 Å². The van der Waals surface area contributed by atoms with E-state index < -0.39 is 5.54 Å². The number of hydrogen-bond donors (Lipinski definition) is 1. The van der Waals surface area contributed by atoms with Crippen molar-refractivity contribution in [3.63, 3.8) is 0 Å². The summed E-state index contributed by atoms with van der Waals surface area (Å²) >= 11 is 0. The molecule has 0 aromatic rings. The summed E-state index contributed by atoms with van der Waals surface area (Å²) in [5.41, 5.74) is -0.463. The summed E-state index contributed by atoms with van der Waals surface area (Å²) in [5, 5.41) is 3.55. The zero-order chi connectivity index (χ0) is 14.4. The number of likely N-dealkylation sites (tertiary alicyclic amines) is 1. The van der Waals surface area contributed by atoms with E-state index in [1.165, 1.54) is 32.8 Å². The summed E-state index contributed by atoms with van der Waals surface area (Å²) < 4.78 is 5.16. The maximum absolute atomic E-state index is 12.5. The fourth-order valence-electron chi connectivity index (χ4n) is 3.39. The van der Waals surface area contributed by atoms with Gasteiger partial charge in [-0.05, 0) is 57.7 Å². The maximum atomic E-state index is 12.5. The predicted octanol–water partition coefficient (Wildman–Crippen LogP) is 2.18. The van der Waals surface area contributed by atoms with E-state index in [4.69, 9.17) is 4.74 Å². The smallest absolute Gasteiger partial charge is 0.327 e. The van der Waals surface area contributed by atoms with Gasteiger partial charge in [0.1, 0.15) is 5.54 Å². The Morgan fingerprint density at radius 1 is 1.25 bits per heavy atom. The minimum Gasteiger partial charge on any atom is -0.468 e. The van der Waals surface area contributed by atoms with E-state index in [-0.39, 0.29) is 5.97 Å². The summed E-state index contributed by atoms with van der Waals surface area (Å²) in [4.78, 5) is 14.9. The van der Waals surface area contributed by atoms with Crippen molar-refractivity contribution in [2.75, 3.05) is 33.3 Å². The van der Waals surface area contributed by atoms with Gasteiger partial charge >= 0.3 is 5.97 Å². The Morgan fingerprint density at radius 3 is 2.40 bits per heavy atom. The molecule has 2 fully saturated rings. The second-order valence-corrected chi connectivity index (χ2v) is 6.35. The largest absolute Gasteiger partial charge is 0.468 e. The van der Waals surface area contributed by atoms with E-state index >= 15 is 0 Å². The molecular formula is C16H30N2O2. The Bertz CT molecular complexity index is 310. The molecule has 4 heteroatoms. The molecule has 4 nitrogen and oxygen atoms in total. The average Bonchev–Trinajstić information content (AvgIpc) is 3.29. The van der Waals surface area contributed by atoms with Crippen LogP contribution in [-0.2, 0) is 9.53 Å². The quantitative estimate of drug-likeness (QED) is 0.727. The van der Waals surface area contributed by atoms with Crippen molar-refractivity contribution >= 4 is 5.97 Å². The molecule has 116 valence electrons. The van der Waals surface area contributed by atoms with Crippen LogP contribution in [0.2, 0.25) is 0 Å². The van der Waals surface area contributed by atoms with Gasteiger partial charge in [0, 0.05) is 6.54 Å². The van der Waals surface area contributed by atoms with Crippen LogP contribution in [0.5, 0.6) is 0 Å². The van der Waals surface area contributed by atoms with Gasteiger partial charge in [-0.25, -0.2) is 4.79 Å². The molecule has 1 atom stereocenters. The predicted molar refractivity (Wildman–Crippen MR) is 80.7 cm³/mol. The van der Waals surface area contributed by atoms with Crippen LogP contribution in [0, 0.1) is 5.92 Å². The van der Waals surface area contributed by atoms with Crippen LogP contribution in [0.1, 0.15) is 51.9 Å². The average molecular weight is 282 g/mol. The molecule has 0 amide bonds. The molecular weight excluding hydrogens is 252 g/mol. The summed E-state index contributed by atoms with van der Waals surface area (Å²) in [6, 6.07) is 0. The summed E-state index contributed by atoms with van der Waals surface area (Å²) in [5.74, 6) is 0.405. The molecule has 1 saturated heterocycles. The molecule has 0 aromatic heterocycles. The molecule has 1 aliphatic heterocycles. The van der Waals surface area contributed by atoms with Crippen molar-refractivity contribution < 1.29 is 9.53 Å². The molecule has 1 N–H and O–H groups in total. The number of ether oxygens (including phenoxy) is 1. The highest BCUT2D eigenvalue weighted by atomic mass is 16.5. The van der Waals surface area contributed by atoms with Crippen LogP contribution in [0.4, 0.5) is 0 Å². The molecule has 1 saturated carbocycles. The van der Waals surface area contributed by atoms with Gasteiger partial charge in [-0.3, -0.25) is 0 Å². The lowest BCUT2D eigenvalue weighted by Crippen LogP contribution is -2.61. The fourth-order valence-corrected chi connectivity index (χ4v) is 3.39. The van der Waals surface area contributed by atoms with Gasteiger partial charge < -0.3 is 15.0 Å². The Morgan fingerprint density at radius 2 is 1.90 bits per heavy atom. The number of hydrogen-bond acceptors (Lipinski definition) is 4. The molecule has 2 rings (SSSR count). The number of methoxy groups -OCH3 is 1. The lowest BCUT2D eigenvalue weighted by Gasteiger charge is -2.37. The summed E-state index contributed by atoms with van der Waals surface area (Å²) in [6.45, 7) is 6.11. The van der Waals surface area contributed by atoms with Gasteiger partial charge in [0.2, 0.25) is 0 Å². The number of carbonyl (C=O) groups is 1. The molecule has 1 heterocycles. The van der Waals surface area contributed by atoms with E-state index in [1.807, 2.05) is 0 Å². The fraction of sp³-hybridized carbons (Fsp3) is 0.938. The van der Waals surface area contributed by atoms with Crippen LogP contribution >= 0.6 is 0 Å². The van der Waals surface area contributed by atoms with E-state index in [2.05, 4.69) is 17.1 Å². The molecule has 2 aliphatic rings. The third-order valence-electron chi connectivity index (χ3n) is 4.69. The Balaban J connectivity index is 2.08. The van der Waals surface area contributed by atoms with Gasteiger partial charge in [-0.1, -0.05) is 19.8 Å². The van der Waals surface area contributed by atoms with Gasteiger partial charge in [0.25, 0.3) is 0 Å². The highest BCUT2D eigenvalue weighted by Crippen LogP contribution is 2.41. The first-order valence-electron chi connectivity index (χ1n) is 8.28. The molecule has 0 radical (unpaired) electrons. The molecule has 0 spiro atoms. The highest BCUT2D eigenvalue weighted by Gasteiger charge is 2.52. The van der Waals surface area contributed by atoms with E-state index in [9.17, 15) is 4.79 Å². The van der Waals surface area contributed by atoms with Gasteiger partial charge in [0.15, 0.2) is 0 Å². The second kappa shape index (κ2) is 7.41. The SMILES string of the molecule is CCCNC(CN1CCCCCC1)(C(=O)OC)C1CC1. The maximum Gasteiger partial charge on any atom is 0.327 e. The second-order valence-electron chi connectivity index (χ2n) is 6.35. The standard InChI is InChI=1S/C16H30N2O2/c1-3-10-17-16(14-8-9-14,15(19)20-2)13-18-11-6-4-5-7-12-18/h14,17H,3-13H2,1-2H3. The van der Waals surface area contributed by atoms with Crippen LogP contribution in [-0.4, -0.2) is 49.7 Å². The molecule has 0 bridgehead atoms. The van der Waals surface area contributed by atoms with Gasteiger partial charge in [-0.2, -0.15) is 0 Å². The van der Waals surface area contributed by atoms with E-state index in [0.717, 1.165) is 45.4 Å². The molecule has 1 unspecified atom stereocenters. The molecule has 1 aliphatic carbocycles. The van der Waals surface area contributed by atoms with Crippen molar-refractivity contribution in [2.45, 2.75) is 57.4 Å². The van der Waals surface area contributed by atoms with E-state index in [1.54, 1.807) is 0 Å². The van der Waals surface area contributed by atoms with Gasteiger partial charge in [-0.15, -0.1) is 0 Å². The van der Waals surface area contributed by atoms with Gasteiger partial charge in [0.05, 0.1) is 7.11 Å². The zero-order valence-corrected chi connectivity index (χ0v) is 13.1. The summed E-state index contributed by atoms with van der Waals surface area (Å²) in [6.07, 6.45) is 8.53. The van der Waals surface area contributed by atoms with Crippen LogP contribution in [0.25, 0.3) is 0 Å². The normalized spacial score (nSPS) is 23.9. The first-order valence-corrected chi connectivity index (χ1v) is 8.28.